The van der Waals surface area contributed by atoms with Crippen molar-refractivity contribution in [3.05, 3.63) is 59.2 Å². The number of ether oxygens (including phenoxy) is 1. The average molecular weight is 353 g/mol. The number of nitrogens with zero attached hydrogens (tertiary/aromatic N) is 2. The summed E-state index contributed by atoms with van der Waals surface area (Å²) in [6.45, 7) is 7.31. The van der Waals surface area contributed by atoms with Crippen LogP contribution >= 0.6 is 0 Å². The minimum Gasteiger partial charge on any atom is -0.497 e. The number of methoxy groups -OCH3 is 1. The van der Waals surface area contributed by atoms with Crippen LogP contribution in [0.2, 0.25) is 0 Å². The molecule has 1 atom stereocenters. The van der Waals surface area contributed by atoms with Crippen molar-refractivity contribution in [2.75, 3.05) is 39.0 Å². The highest BCUT2D eigenvalue weighted by Crippen LogP contribution is 2.25. The van der Waals surface area contributed by atoms with Crippen molar-refractivity contribution >= 4 is 11.6 Å². The Morgan fingerprint density at radius 3 is 2.54 bits per heavy atom. The van der Waals surface area contributed by atoms with Gasteiger partial charge in [0.1, 0.15) is 5.75 Å². The van der Waals surface area contributed by atoms with Crippen LogP contribution < -0.4 is 10.5 Å². The first-order valence-electron chi connectivity index (χ1n) is 9.03. The predicted molar refractivity (Wildman–Crippen MR) is 104 cm³/mol. The molecule has 1 amide bonds. The van der Waals surface area contributed by atoms with Gasteiger partial charge in [-0.25, -0.2) is 0 Å². The number of rotatable bonds is 4. The van der Waals surface area contributed by atoms with Gasteiger partial charge in [-0.2, -0.15) is 0 Å². The SMILES string of the molecule is COc1cccc(C(C)N2CCN(C(=O)c3cc(N)ccc3C)CC2)c1. The van der Waals surface area contributed by atoms with Gasteiger partial charge in [-0.05, 0) is 49.2 Å². The third-order valence-corrected chi connectivity index (χ3v) is 5.22. The summed E-state index contributed by atoms with van der Waals surface area (Å²) < 4.78 is 5.33. The quantitative estimate of drug-likeness (QED) is 0.858. The molecular formula is C21H27N3O2. The standard InChI is InChI=1S/C21H27N3O2/c1-15-7-8-18(22)14-20(15)21(25)24-11-9-23(10-12-24)16(2)17-5-4-6-19(13-17)26-3/h4-8,13-14,16H,9-12,22H2,1-3H3. The summed E-state index contributed by atoms with van der Waals surface area (Å²) in [5.74, 6) is 0.948. The molecule has 5 heteroatoms. The van der Waals surface area contributed by atoms with E-state index in [1.165, 1.54) is 5.56 Å². The predicted octanol–water partition coefficient (Wildman–Crippen LogP) is 3.10. The molecule has 1 aliphatic heterocycles. The van der Waals surface area contributed by atoms with E-state index in [0.717, 1.165) is 37.5 Å². The Balaban J connectivity index is 1.65. The zero-order valence-corrected chi connectivity index (χ0v) is 15.7. The highest BCUT2D eigenvalue weighted by Gasteiger charge is 2.26. The number of nitrogens with two attached hydrogens (primary N) is 1. The van der Waals surface area contributed by atoms with Crippen LogP contribution in [-0.2, 0) is 0 Å². The average Bonchev–Trinajstić information content (AvgIpc) is 2.69. The number of nitrogen functional groups attached to an aromatic ring is 1. The highest BCUT2D eigenvalue weighted by molar-refractivity contribution is 5.96. The van der Waals surface area contributed by atoms with Gasteiger partial charge < -0.3 is 15.4 Å². The minimum absolute atomic E-state index is 0.0727. The van der Waals surface area contributed by atoms with Crippen LogP contribution in [0.15, 0.2) is 42.5 Å². The molecule has 0 aromatic heterocycles. The fraction of sp³-hybridized carbons (Fsp3) is 0.381. The molecule has 0 spiro atoms. The molecular weight excluding hydrogens is 326 g/mol. The number of carbonyl (C=O) groups excluding carboxylic acids is 1. The lowest BCUT2D eigenvalue weighted by atomic mass is 10.0. The third-order valence-electron chi connectivity index (χ3n) is 5.22. The van der Waals surface area contributed by atoms with E-state index in [-0.39, 0.29) is 11.9 Å². The van der Waals surface area contributed by atoms with Crippen LogP contribution in [0, 0.1) is 6.92 Å². The zero-order chi connectivity index (χ0) is 18.7. The first kappa shape index (κ1) is 18.3. The Labute approximate surface area is 155 Å². The zero-order valence-electron chi connectivity index (χ0n) is 15.7. The number of aryl methyl sites for hydroxylation is 1. The Kier molecular flexibility index (Phi) is 5.47. The van der Waals surface area contributed by atoms with E-state index in [4.69, 9.17) is 10.5 Å². The number of hydrogen-bond donors (Lipinski definition) is 1. The molecule has 5 nitrogen and oxygen atoms in total. The smallest absolute Gasteiger partial charge is 0.254 e. The van der Waals surface area contributed by atoms with Gasteiger partial charge in [0, 0.05) is 43.5 Å². The Morgan fingerprint density at radius 2 is 1.85 bits per heavy atom. The summed E-state index contributed by atoms with van der Waals surface area (Å²) in [6, 6.07) is 14.0. The van der Waals surface area contributed by atoms with Crippen molar-refractivity contribution in [2.45, 2.75) is 19.9 Å². The maximum absolute atomic E-state index is 12.8. The molecule has 0 saturated carbocycles. The van der Waals surface area contributed by atoms with Gasteiger partial charge in [0.2, 0.25) is 0 Å². The number of piperazine rings is 1. The van der Waals surface area contributed by atoms with Crippen LogP contribution in [-0.4, -0.2) is 49.0 Å². The molecule has 26 heavy (non-hydrogen) atoms. The summed E-state index contributed by atoms with van der Waals surface area (Å²) in [5.41, 5.74) is 9.39. The van der Waals surface area contributed by atoms with Crippen LogP contribution in [0.3, 0.4) is 0 Å². The van der Waals surface area contributed by atoms with Crippen LogP contribution in [0.5, 0.6) is 5.75 Å². The molecule has 0 bridgehead atoms. The summed E-state index contributed by atoms with van der Waals surface area (Å²) in [6.07, 6.45) is 0. The maximum atomic E-state index is 12.8. The third kappa shape index (κ3) is 3.83. The topological polar surface area (TPSA) is 58.8 Å². The molecule has 2 aromatic carbocycles. The fourth-order valence-corrected chi connectivity index (χ4v) is 3.46. The monoisotopic (exact) mass is 353 g/mol. The van der Waals surface area contributed by atoms with E-state index in [1.54, 1.807) is 13.2 Å². The number of amides is 1. The highest BCUT2D eigenvalue weighted by atomic mass is 16.5. The van der Waals surface area contributed by atoms with E-state index in [9.17, 15) is 4.79 Å². The Bertz CT molecular complexity index is 783. The molecule has 1 heterocycles. The van der Waals surface area contributed by atoms with E-state index in [0.29, 0.717) is 11.3 Å². The normalized spacial score (nSPS) is 16.3. The van der Waals surface area contributed by atoms with Crippen molar-refractivity contribution in [1.82, 2.24) is 9.80 Å². The Morgan fingerprint density at radius 1 is 1.12 bits per heavy atom. The number of anilines is 1. The molecule has 3 rings (SSSR count). The van der Waals surface area contributed by atoms with Crippen molar-refractivity contribution in [3.8, 4) is 5.75 Å². The summed E-state index contributed by atoms with van der Waals surface area (Å²) >= 11 is 0. The van der Waals surface area contributed by atoms with Crippen LogP contribution in [0.4, 0.5) is 5.69 Å². The molecule has 1 aliphatic rings. The lowest BCUT2D eigenvalue weighted by Crippen LogP contribution is -2.49. The second-order valence-electron chi connectivity index (χ2n) is 6.86. The van der Waals surface area contributed by atoms with Gasteiger partial charge in [-0.15, -0.1) is 0 Å². The van der Waals surface area contributed by atoms with Gasteiger partial charge in [-0.3, -0.25) is 9.69 Å². The van der Waals surface area contributed by atoms with Gasteiger partial charge in [0.05, 0.1) is 7.11 Å². The second-order valence-corrected chi connectivity index (χ2v) is 6.86. The number of hydrogen-bond acceptors (Lipinski definition) is 4. The van der Waals surface area contributed by atoms with E-state index in [2.05, 4.69) is 24.0 Å². The van der Waals surface area contributed by atoms with Gasteiger partial charge in [-0.1, -0.05) is 18.2 Å². The largest absolute Gasteiger partial charge is 0.497 e. The molecule has 138 valence electrons. The van der Waals surface area contributed by atoms with Crippen molar-refractivity contribution < 1.29 is 9.53 Å². The first-order chi connectivity index (χ1) is 12.5. The number of carbonyl (C=O) groups is 1. The molecule has 1 fully saturated rings. The summed E-state index contributed by atoms with van der Waals surface area (Å²) in [4.78, 5) is 17.2. The molecule has 2 N–H and O–H groups in total. The van der Waals surface area contributed by atoms with E-state index in [1.807, 2.05) is 36.1 Å². The maximum Gasteiger partial charge on any atom is 0.254 e. The lowest BCUT2D eigenvalue weighted by molar-refractivity contribution is 0.0581. The van der Waals surface area contributed by atoms with E-state index >= 15 is 0 Å². The van der Waals surface area contributed by atoms with Gasteiger partial charge in [0.25, 0.3) is 5.91 Å². The van der Waals surface area contributed by atoms with Crippen LogP contribution in [0.25, 0.3) is 0 Å². The molecule has 0 radical (unpaired) electrons. The molecule has 2 aromatic rings. The minimum atomic E-state index is 0.0727. The summed E-state index contributed by atoms with van der Waals surface area (Å²) in [7, 11) is 1.69. The lowest BCUT2D eigenvalue weighted by Gasteiger charge is -2.38. The first-order valence-corrected chi connectivity index (χ1v) is 9.03. The van der Waals surface area contributed by atoms with Crippen molar-refractivity contribution in [1.29, 1.82) is 0 Å². The molecule has 0 aliphatic carbocycles. The van der Waals surface area contributed by atoms with Crippen LogP contribution in [0.1, 0.15) is 34.5 Å². The van der Waals surface area contributed by atoms with Gasteiger partial charge in [0.15, 0.2) is 0 Å². The number of benzene rings is 2. The second kappa shape index (κ2) is 7.79. The van der Waals surface area contributed by atoms with Gasteiger partial charge >= 0.3 is 0 Å². The summed E-state index contributed by atoms with van der Waals surface area (Å²) in [5, 5.41) is 0. The Hall–Kier alpha value is -2.53. The molecule has 1 unspecified atom stereocenters. The van der Waals surface area contributed by atoms with Crippen molar-refractivity contribution in [2.24, 2.45) is 0 Å². The van der Waals surface area contributed by atoms with E-state index < -0.39 is 0 Å². The fourth-order valence-electron chi connectivity index (χ4n) is 3.46. The molecule has 1 saturated heterocycles. The van der Waals surface area contributed by atoms with Crippen molar-refractivity contribution in [3.63, 3.8) is 0 Å².